The summed E-state index contributed by atoms with van der Waals surface area (Å²) in [5, 5.41) is 18.4. The van der Waals surface area contributed by atoms with Gasteiger partial charge in [0.1, 0.15) is 35.8 Å². The van der Waals surface area contributed by atoms with E-state index in [1.54, 1.807) is 54.6 Å². The van der Waals surface area contributed by atoms with Crippen molar-refractivity contribution in [2.75, 3.05) is 0 Å². The van der Waals surface area contributed by atoms with Crippen LogP contribution in [0.3, 0.4) is 0 Å². The molecule has 3 rings (SSSR count). The number of para-hydroxylation sites is 2. The minimum atomic E-state index is -1.07. The van der Waals surface area contributed by atoms with Gasteiger partial charge in [-0.1, -0.05) is 30.3 Å². The lowest BCUT2D eigenvalue weighted by molar-refractivity contribution is 0.0680. The lowest BCUT2D eigenvalue weighted by Crippen LogP contribution is -2.07. The molecular weight excluding hydrogens is 362 g/mol. The number of aromatic nitrogens is 1. The topological polar surface area (TPSA) is 106 Å². The molecule has 2 aromatic carbocycles. The summed E-state index contributed by atoms with van der Waals surface area (Å²) in [4.78, 5) is 26.9. The molecule has 0 atom stereocenters. The quantitative estimate of drug-likeness (QED) is 0.615. The number of pyridine rings is 1. The van der Waals surface area contributed by atoms with Crippen molar-refractivity contribution in [1.29, 1.82) is 0 Å². The Hall–Kier alpha value is -3.87. The predicted octanol–water partition coefficient (Wildman–Crippen LogP) is 3.64. The number of rotatable bonds is 8. The molecule has 0 unspecified atom stereocenters. The third-order valence-electron chi connectivity index (χ3n) is 3.85. The van der Waals surface area contributed by atoms with E-state index in [1.165, 1.54) is 12.1 Å². The first-order valence-electron chi connectivity index (χ1n) is 8.39. The Morgan fingerprint density at radius 3 is 1.54 bits per heavy atom. The highest BCUT2D eigenvalue weighted by Gasteiger charge is 2.12. The monoisotopic (exact) mass is 379 g/mol. The van der Waals surface area contributed by atoms with Crippen molar-refractivity contribution < 1.29 is 29.3 Å². The summed E-state index contributed by atoms with van der Waals surface area (Å²) in [7, 11) is 0. The number of ether oxygens (including phenoxy) is 2. The van der Waals surface area contributed by atoms with Crippen LogP contribution in [-0.4, -0.2) is 27.1 Å². The third kappa shape index (κ3) is 4.64. The van der Waals surface area contributed by atoms with Gasteiger partial charge in [0.15, 0.2) is 0 Å². The summed E-state index contributed by atoms with van der Waals surface area (Å²) in [5.41, 5.74) is 1.33. The Kier molecular flexibility index (Phi) is 5.86. The van der Waals surface area contributed by atoms with Crippen LogP contribution in [0.1, 0.15) is 32.1 Å². The fourth-order valence-corrected chi connectivity index (χ4v) is 2.53. The number of carbonyl (C=O) groups is 2. The van der Waals surface area contributed by atoms with Gasteiger partial charge in [-0.05, 0) is 36.4 Å². The number of hydrogen-bond donors (Lipinski definition) is 2. The van der Waals surface area contributed by atoms with Gasteiger partial charge in [-0.3, -0.25) is 4.98 Å². The molecule has 0 aliphatic rings. The van der Waals surface area contributed by atoms with Crippen molar-refractivity contribution in [2.45, 2.75) is 13.2 Å². The molecule has 0 fully saturated rings. The molecular formula is C21H17NO6. The van der Waals surface area contributed by atoms with Crippen LogP contribution < -0.4 is 9.47 Å². The minimum Gasteiger partial charge on any atom is -0.486 e. The van der Waals surface area contributed by atoms with Gasteiger partial charge in [-0.2, -0.15) is 0 Å². The fraction of sp³-hybridized carbons (Fsp3) is 0.0952. The van der Waals surface area contributed by atoms with Crippen molar-refractivity contribution in [3.8, 4) is 11.5 Å². The van der Waals surface area contributed by atoms with E-state index in [1.807, 2.05) is 0 Å². The first kappa shape index (κ1) is 18.9. The van der Waals surface area contributed by atoms with Crippen LogP contribution in [0.2, 0.25) is 0 Å². The first-order valence-corrected chi connectivity index (χ1v) is 8.39. The van der Waals surface area contributed by atoms with Crippen molar-refractivity contribution in [3.05, 3.63) is 89.2 Å². The van der Waals surface area contributed by atoms with E-state index in [0.29, 0.717) is 11.4 Å². The van der Waals surface area contributed by atoms with Crippen molar-refractivity contribution in [1.82, 2.24) is 4.98 Å². The van der Waals surface area contributed by atoms with Gasteiger partial charge in [0.2, 0.25) is 0 Å². The molecule has 142 valence electrons. The Labute approximate surface area is 160 Å². The van der Waals surface area contributed by atoms with Gasteiger partial charge < -0.3 is 19.7 Å². The molecule has 0 saturated carbocycles. The Morgan fingerprint density at radius 2 is 1.11 bits per heavy atom. The average molecular weight is 379 g/mol. The molecule has 7 nitrogen and oxygen atoms in total. The normalized spacial score (nSPS) is 10.3. The number of carboxylic acid groups (broad SMARTS) is 2. The Balaban J connectivity index is 1.67. The molecule has 28 heavy (non-hydrogen) atoms. The highest BCUT2D eigenvalue weighted by Crippen LogP contribution is 2.20. The van der Waals surface area contributed by atoms with Crippen molar-refractivity contribution in [3.63, 3.8) is 0 Å². The average Bonchev–Trinajstić information content (AvgIpc) is 2.71. The molecule has 0 aliphatic heterocycles. The smallest absolute Gasteiger partial charge is 0.339 e. The maximum absolute atomic E-state index is 11.2. The van der Waals surface area contributed by atoms with E-state index in [-0.39, 0.29) is 35.8 Å². The van der Waals surface area contributed by atoms with Gasteiger partial charge in [-0.15, -0.1) is 0 Å². The molecule has 0 spiro atoms. The summed E-state index contributed by atoms with van der Waals surface area (Å²) in [5.74, 6) is -1.62. The summed E-state index contributed by atoms with van der Waals surface area (Å²) in [6.45, 7) is 0.174. The highest BCUT2D eigenvalue weighted by atomic mass is 16.5. The van der Waals surface area contributed by atoms with E-state index in [9.17, 15) is 19.8 Å². The zero-order valence-electron chi connectivity index (χ0n) is 14.7. The Bertz CT molecular complexity index is 925. The van der Waals surface area contributed by atoms with Crippen LogP contribution in [0.15, 0.2) is 66.7 Å². The lowest BCUT2D eigenvalue weighted by Gasteiger charge is -2.11. The van der Waals surface area contributed by atoms with Crippen LogP contribution in [0.25, 0.3) is 0 Å². The molecule has 7 heteroatoms. The molecule has 3 aromatic rings. The molecule has 0 saturated heterocycles. The summed E-state index contributed by atoms with van der Waals surface area (Å²) >= 11 is 0. The maximum Gasteiger partial charge on any atom is 0.339 e. The second kappa shape index (κ2) is 8.68. The van der Waals surface area contributed by atoms with E-state index in [0.717, 1.165) is 0 Å². The largest absolute Gasteiger partial charge is 0.486 e. The third-order valence-corrected chi connectivity index (χ3v) is 3.85. The van der Waals surface area contributed by atoms with Crippen LogP contribution in [0.4, 0.5) is 0 Å². The van der Waals surface area contributed by atoms with Gasteiger partial charge in [0.05, 0.1) is 11.4 Å². The second-order valence-corrected chi connectivity index (χ2v) is 5.80. The zero-order valence-corrected chi connectivity index (χ0v) is 14.7. The second-order valence-electron chi connectivity index (χ2n) is 5.80. The van der Waals surface area contributed by atoms with Crippen LogP contribution in [-0.2, 0) is 13.2 Å². The molecule has 0 aliphatic carbocycles. The molecule has 0 bridgehead atoms. The van der Waals surface area contributed by atoms with Crippen molar-refractivity contribution >= 4 is 11.9 Å². The van der Waals surface area contributed by atoms with Gasteiger partial charge >= 0.3 is 11.9 Å². The predicted molar refractivity (Wildman–Crippen MR) is 99.7 cm³/mol. The van der Waals surface area contributed by atoms with Crippen LogP contribution >= 0.6 is 0 Å². The number of benzene rings is 2. The lowest BCUT2D eigenvalue weighted by atomic mass is 10.2. The van der Waals surface area contributed by atoms with E-state index in [4.69, 9.17) is 9.47 Å². The summed E-state index contributed by atoms with van der Waals surface area (Å²) in [6.07, 6.45) is 0. The first-order chi connectivity index (χ1) is 13.5. The number of carboxylic acids is 2. The highest BCUT2D eigenvalue weighted by molar-refractivity contribution is 5.91. The molecule has 1 aromatic heterocycles. The molecule has 1 heterocycles. The van der Waals surface area contributed by atoms with Crippen LogP contribution in [0, 0.1) is 0 Å². The molecule has 2 N–H and O–H groups in total. The summed E-state index contributed by atoms with van der Waals surface area (Å²) < 4.78 is 11.2. The zero-order chi connectivity index (χ0) is 19.9. The van der Waals surface area contributed by atoms with Gasteiger partial charge in [0, 0.05) is 0 Å². The van der Waals surface area contributed by atoms with E-state index in [2.05, 4.69) is 4.98 Å². The van der Waals surface area contributed by atoms with Gasteiger partial charge in [0.25, 0.3) is 0 Å². The van der Waals surface area contributed by atoms with Crippen LogP contribution in [0.5, 0.6) is 11.5 Å². The number of nitrogens with zero attached hydrogens (tertiary/aromatic N) is 1. The van der Waals surface area contributed by atoms with E-state index < -0.39 is 11.9 Å². The number of hydrogen-bond acceptors (Lipinski definition) is 5. The minimum absolute atomic E-state index is 0.0762. The van der Waals surface area contributed by atoms with Crippen molar-refractivity contribution in [2.24, 2.45) is 0 Å². The SMILES string of the molecule is O=C(O)c1ccccc1OCc1cccc(COc2ccccc2C(=O)O)n1. The fourth-order valence-electron chi connectivity index (χ4n) is 2.53. The number of aromatic carboxylic acids is 2. The Morgan fingerprint density at radius 1 is 0.679 bits per heavy atom. The van der Waals surface area contributed by atoms with E-state index >= 15 is 0 Å². The van der Waals surface area contributed by atoms with Gasteiger partial charge in [-0.25, -0.2) is 9.59 Å². The maximum atomic E-state index is 11.2. The summed E-state index contributed by atoms with van der Waals surface area (Å²) in [6, 6.07) is 18.0. The standard InChI is InChI=1S/C21H17NO6/c23-20(24)16-8-1-3-10-18(16)27-12-14-6-5-7-15(22-14)13-28-19-11-4-2-9-17(19)21(25)26/h1-11H,12-13H2,(H,23,24)(H,25,26). The molecule has 0 amide bonds. The molecule has 0 radical (unpaired) electrons.